The van der Waals surface area contributed by atoms with E-state index >= 15 is 0 Å². The highest BCUT2D eigenvalue weighted by Crippen LogP contribution is 2.49. The van der Waals surface area contributed by atoms with Crippen LogP contribution in [0.5, 0.6) is 0 Å². The Morgan fingerprint density at radius 1 is 1.47 bits per heavy atom. The number of amides is 1. The van der Waals surface area contributed by atoms with Crippen LogP contribution in [-0.4, -0.2) is 17.9 Å². The molecule has 2 saturated carbocycles. The van der Waals surface area contributed by atoms with Gasteiger partial charge in [0.05, 0.1) is 3.79 Å². The lowest BCUT2D eigenvalue weighted by molar-refractivity contribution is -0.131. The molecular formula is C15H20BrNOS. The van der Waals surface area contributed by atoms with Crippen molar-refractivity contribution in [3.05, 3.63) is 20.8 Å². The lowest BCUT2D eigenvalue weighted by atomic mass is 9.86. The van der Waals surface area contributed by atoms with E-state index in [2.05, 4.69) is 27.4 Å². The van der Waals surface area contributed by atoms with Crippen LogP contribution in [0.25, 0.3) is 0 Å². The van der Waals surface area contributed by atoms with Gasteiger partial charge in [0.25, 0.3) is 0 Å². The minimum absolute atomic E-state index is 0.319. The number of halogens is 1. The summed E-state index contributed by atoms with van der Waals surface area (Å²) in [4.78, 5) is 14.2. The first-order valence-corrected chi connectivity index (χ1v) is 8.76. The van der Waals surface area contributed by atoms with Gasteiger partial charge in [-0.25, -0.2) is 0 Å². The molecule has 0 radical (unpaired) electrons. The van der Waals surface area contributed by atoms with Crippen LogP contribution >= 0.6 is 27.3 Å². The first-order chi connectivity index (χ1) is 9.11. The maximum atomic E-state index is 12.3. The molecule has 0 spiro atoms. The van der Waals surface area contributed by atoms with Crippen LogP contribution in [0.3, 0.4) is 0 Å². The summed E-state index contributed by atoms with van der Waals surface area (Å²) in [6, 6.07) is 2.10. The third-order valence-corrected chi connectivity index (χ3v) is 6.34. The number of carbonyl (C=O) groups is 1. The number of thiophene rings is 1. The maximum absolute atomic E-state index is 12.3. The van der Waals surface area contributed by atoms with Gasteiger partial charge in [0.2, 0.25) is 5.91 Å². The first-order valence-electron chi connectivity index (χ1n) is 7.08. The predicted octanol–water partition coefficient (Wildman–Crippen LogP) is 4.30. The van der Waals surface area contributed by atoms with Crippen LogP contribution in [-0.2, 0) is 11.3 Å². The number of hydrogen-bond donors (Lipinski definition) is 0. The molecule has 19 heavy (non-hydrogen) atoms. The third-order valence-electron chi connectivity index (χ3n) is 4.79. The highest BCUT2D eigenvalue weighted by Gasteiger charge is 2.40. The van der Waals surface area contributed by atoms with Crippen molar-refractivity contribution in [2.75, 3.05) is 7.05 Å². The van der Waals surface area contributed by atoms with Crippen molar-refractivity contribution < 1.29 is 4.79 Å². The van der Waals surface area contributed by atoms with Crippen LogP contribution < -0.4 is 0 Å². The first kappa shape index (κ1) is 13.6. The van der Waals surface area contributed by atoms with E-state index in [0.717, 1.165) is 28.6 Å². The molecular weight excluding hydrogens is 322 g/mol. The zero-order valence-electron chi connectivity index (χ0n) is 11.3. The predicted molar refractivity (Wildman–Crippen MR) is 82.0 cm³/mol. The molecule has 1 heterocycles. The van der Waals surface area contributed by atoms with E-state index in [1.54, 1.807) is 11.3 Å². The molecule has 3 unspecified atom stereocenters. The summed E-state index contributed by atoms with van der Waals surface area (Å²) >= 11 is 5.15. The molecule has 1 amide bonds. The minimum Gasteiger partial charge on any atom is -0.341 e. The molecule has 1 aromatic heterocycles. The van der Waals surface area contributed by atoms with Gasteiger partial charge >= 0.3 is 0 Å². The van der Waals surface area contributed by atoms with Gasteiger partial charge in [-0.3, -0.25) is 4.79 Å². The van der Waals surface area contributed by atoms with Crippen molar-refractivity contribution in [3.8, 4) is 0 Å². The van der Waals surface area contributed by atoms with Crippen molar-refractivity contribution in [2.45, 2.75) is 38.6 Å². The number of nitrogens with zero attached hydrogens (tertiary/aromatic N) is 1. The summed E-state index contributed by atoms with van der Waals surface area (Å²) in [6.07, 6.45) is 6.23. The fourth-order valence-corrected chi connectivity index (χ4v) is 5.00. The Hall–Kier alpha value is -0.350. The zero-order valence-corrected chi connectivity index (χ0v) is 13.7. The Bertz CT molecular complexity index is 472. The van der Waals surface area contributed by atoms with Gasteiger partial charge in [-0.15, -0.1) is 11.3 Å². The summed E-state index contributed by atoms with van der Waals surface area (Å²) in [5.41, 5.74) is 1.22. The Morgan fingerprint density at radius 3 is 2.89 bits per heavy atom. The molecule has 2 nitrogen and oxygen atoms in total. The molecule has 4 heteroatoms. The Labute approximate surface area is 127 Å². The largest absolute Gasteiger partial charge is 0.341 e. The number of hydrogen-bond acceptors (Lipinski definition) is 2. The van der Waals surface area contributed by atoms with Gasteiger partial charge in [0.1, 0.15) is 0 Å². The van der Waals surface area contributed by atoms with E-state index in [1.807, 2.05) is 11.9 Å². The van der Waals surface area contributed by atoms with Crippen LogP contribution in [0, 0.1) is 17.8 Å². The average Bonchev–Trinajstić information content (AvgIpc) is 3.06. The van der Waals surface area contributed by atoms with Gasteiger partial charge < -0.3 is 4.90 Å². The molecule has 3 atom stereocenters. The fourth-order valence-electron chi connectivity index (χ4n) is 3.80. The Kier molecular flexibility index (Phi) is 3.99. The minimum atomic E-state index is 0.319. The van der Waals surface area contributed by atoms with Crippen LogP contribution in [0.15, 0.2) is 15.2 Å². The van der Waals surface area contributed by atoms with Gasteiger partial charge in [-0.05, 0) is 70.0 Å². The summed E-state index contributed by atoms with van der Waals surface area (Å²) < 4.78 is 1.14. The smallest absolute Gasteiger partial charge is 0.222 e. The summed E-state index contributed by atoms with van der Waals surface area (Å²) in [6.45, 7) is 0.738. The van der Waals surface area contributed by atoms with Gasteiger partial charge in [0, 0.05) is 20.0 Å². The van der Waals surface area contributed by atoms with Crippen LogP contribution in [0.1, 0.15) is 37.7 Å². The van der Waals surface area contributed by atoms with Crippen molar-refractivity contribution >= 4 is 33.2 Å². The van der Waals surface area contributed by atoms with Crippen molar-refractivity contribution in [1.82, 2.24) is 4.90 Å². The summed E-state index contributed by atoms with van der Waals surface area (Å²) in [7, 11) is 1.93. The standard InChI is InChI=1S/C15H20BrNOS/c1-17(8-11-6-14(16)19-9-11)15(18)7-13-5-10-2-3-12(13)4-10/h6,9-10,12-13H,2-5,7-8H2,1H3. The second-order valence-corrected chi connectivity index (χ2v) is 8.44. The topological polar surface area (TPSA) is 20.3 Å². The Morgan fingerprint density at radius 2 is 2.32 bits per heavy atom. The highest BCUT2D eigenvalue weighted by molar-refractivity contribution is 9.11. The van der Waals surface area contributed by atoms with Crippen molar-refractivity contribution in [3.63, 3.8) is 0 Å². The quantitative estimate of drug-likeness (QED) is 0.799. The fraction of sp³-hybridized carbons (Fsp3) is 0.667. The second kappa shape index (κ2) is 5.57. The van der Waals surface area contributed by atoms with Gasteiger partial charge in [-0.2, -0.15) is 0 Å². The van der Waals surface area contributed by atoms with E-state index < -0.39 is 0 Å². The summed E-state index contributed by atoms with van der Waals surface area (Å²) in [5.74, 6) is 2.77. The molecule has 2 fully saturated rings. The molecule has 3 rings (SSSR count). The Balaban J connectivity index is 1.52. The van der Waals surface area contributed by atoms with Gasteiger partial charge in [-0.1, -0.05) is 6.42 Å². The third kappa shape index (κ3) is 3.05. The molecule has 2 aliphatic carbocycles. The molecule has 2 aliphatic rings. The molecule has 1 aromatic rings. The second-order valence-electron chi connectivity index (χ2n) is 6.15. The molecule has 2 bridgehead atoms. The molecule has 104 valence electrons. The van der Waals surface area contributed by atoms with Crippen LogP contribution in [0.4, 0.5) is 0 Å². The molecule has 0 N–H and O–H groups in total. The van der Waals surface area contributed by atoms with E-state index in [0.29, 0.717) is 11.8 Å². The van der Waals surface area contributed by atoms with E-state index in [-0.39, 0.29) is 0 Å². The molecule has 0 saturated heterocycles. The monoisotopic (exact) mass is 341 g/mol. The average molecular weight is 342 g/mol. The maximum Gasteiger partial charge on any atom is 0.222 e. The van der Waals surface area contributed by atoms with Gasteiger partial charge in [0.15, 0.2) is 0 Å². The number of fused-ring (bicyclic) bond motifs is 2. The van der Waals surface area contributed by atoms with E-state index in [9.17, 15) is 4.79 Å². The van der Waals surface area contributed by atoms with E-state index in [1.165, 1.54) is 31.2 Å². The van der Waals surface area contributed by atoms with Crippen LogP contribution in [0.2, 0.25) is 0 Å². The van der Waals surface area contributed by atoms with Crippen molar-refractivity contribution in [1.29, 1.82) is 0 Å². The lowest BCUT2D eigenvalue weighted by Gasteiger charge is -2.24. The van der Waals surface area contributed by atoms with Crippen molar-refractivity contribution in [2.24, 2.45) is 17.8 Å². The normalized spacial score (nSPS) is 28.8. The lowest BCUT2D eigenvalue weighted by Crippen LogP contribution is -2.29. The SMILES string of the molecule is CN(Cc1csc(Br)c1)C(=O)CC1CC2CCC1C2. The number of rotatable bonds is 4. The summed E-state index contributed by atoms with van der Waals surface area (Å²) in [5, 5.41) is 2.12. The zero-order chi connectivity index (χ0) is 13.4. The molecule has 0 aliphatic heterocycles. The highest BCUT2D eigenvalue weighted by atomic mass is 79.9. The number of carbonyl (C=O) groups excluding carboxylic acids is 1. The molecule has 0 aromatic carbocycles. The van der Waals surface area contributed by atoms with E-state index in [4.69, 9.17) is 0 Å².